The first-order valence-corrected chi connectivity index (χ1v) is 10.2. The van der Waals surface area contributed by atoms with E-state index >= 15 is 0 Å². The summed E-state index contributed by atoms with van der Waals surface area (Å²) >= 11 is 5.96. The van der Waals surface area contributed by atoms with Gasteiger partial charge in [0, 0.05) is 17.6 Å². The van der Waals surface area contributed by atoms with Gasteiger partial charge in [-0.2, -0.15) is 0 Å². The van der Waals surface area contributed by atoms with Gasteiger partial charge in [0.25, 0.3) is 0 Å². The fourth-order valence-corrected chi connectivity index (χ4v) is 5.38. The number of hydrogen-bond donors (Lipinski definition) is 2. The Morgan fingerprint density at radius 1 is 1.23 bits per heavy atom. The molecule has 0 spiro atoms. The van der Waals surface area contributed by atoms with Crippen LogP contribution in [-0.2, 0) is 14.8 Å². The normalized spacial score (nSPS) is 21.9. The summed E-state index contributed by atoms with van der Waals surface area (Å²) in [6.45, 7) is 2.17. The van der Waals surface area contributed by atoms with E-state index in [9.17, 15) is 13.2 Å². The molecule has 2 aliphatic heterocycles. The van der Waals surface area contributed by atoms with Gasteiger partial charge in [0.15, 0.2) is 0 Å². The van der Waals surface area contributed by atoms with Crippen LogP contribution in [0.2, 0.25) is 5.02 Å². The zero-order valence-electron chi connectivity index (χ0n) is 14.1. The maximum Gasteiger partial charge on any atom is 0.247 e. The topological polar surface area (TPSA) is 78.5 Å². The number of amides is 1. The lowest BCUT2D eigenvalue weighted by Gasteiger charge is -2.32. The van der Waals surface area contributed by atoms with Gasteiger partial charge in [-0.05, 0) is 43.2 Å². The number of carbonyl (C=O) groups is 1. The van der Waals surface area contributed by atoms with Crippen molar-refractivity contribution in [3.8, 4) is 0 Å². The molecule has 2 aromatic rings. The van der Waals surface area contributed by atoms with Crippen LogP contribution in [0, 0.1) is 6.92 Å². The van der Waals surface area contributed by atoms with Gasteiger partial charge in [0.05, 0.1) is 16.3 Å². The minimum absolute atomic E-state index is 0.107. The van der Waals surface area contributed by atoms with Crippen molar-refractivity contribution in [2.75, 3.05) is 16.8 Å². The first-order chi connectivity index (χ1) is 12.3. The Morgan fingerprint density at radius 2 is 2.00 bits per heavy atom. The van der Waals surface area contributed by atoms with E-state index in [1.165, 1.54) is 6.07 Å². The number of carbonyl (C=O) groups excluding carboxylic acids is 1. The van der Waals surface area contributed by atoms with Crippen molar-refractivity contribution < 1.29 is 13.2 Å². The second-order valence-electron chi connectivity index (χ2n) is 6.64. The van der Waals surface area contributed by atoms with Crippen molar-refractivity contribution in [2.24, 2.45) is 0 Å². The minimum atomic E-state index is -3.73. The first kappa shape index (κ1) is 17.3. The van der Waals surface area contributed by atoms with Gasteiger partial charge in [-0.25, -0.2) is 13.1 Å². The lowest BCUT2D eigenvalue weighted by molar-refractivity contribution is -0.117. The molecule has 6 nitrogen and oxygen atoms in total. The minimum Gasteiger partial charge on any atom is -0.356 e. The van der Waals surface area contributed by atoms with E-state index in [0.717, 1.165) is 11.4 Å². The molecule has 26 heavy (non-hydrogen) atoms. The summed E-state index contributed by atoms with van der Waals surface area (Å²) in [4.78, 5) is 14.5. The van der Waals surface area contributed by atoms with E-state index in [1.807, 2.05) is 29.2 Å². The number of fused-ring (bicyclic) bond motifs is 3. The van der Waals surface area contributed by atoms with Crippen LogP contribution in [0.5, 0.6) is 0 Å². The fourth-order valence-electron chi connectivity index (χ4n) is 3.63. The van der Waals surface area contributed by atoms with Crippen molar-refractivity contribution in [2.45, 2.75) is 30.3 Å². The van der Waals surface area contributed by atoms with Gasteiger partial charge < -0.3 is 10.2 Å². The number of rotatable bonds is 3. The van der Waals surface area contributed by atoms with Crippen LogP contribution in [0.15, 0.2) is 47.4 Å². The van der Waals surface area contributed by atoms with E-state index in [0.29, 0.717) is 23.6 Å². The average Bonchev–Trinajstić information content (AvgIpc) is 3.01. The molecule has 0 saturated carbocycles. The number of aryl methyl sites for hydroxylation is 1. The third-order valence-electron chi connectivity index (χ3n) is 4.84. The van der Waals surface area contributed by atoms with Gasteiger partial charge >= 0.3 is 0 Å². The number of nitrogens with one attached hydrogen (secondary N) is 2. The molecule has 1 amide bonds. The smallest absolute Gasteiger partial charge is 0.247 e. The summed E-state index contributed by atoms with van der Waals surface area (Å²) in [6, 6.07) is 11.6. The molecule has 0 aromatic heterocycles. The second kappa shape index (κ2) is 6.26. The maximum absolute atomic E-state index is 12.8. The third kappa shape index (κ3) is 2.96. The van der Waals surface area contributed by atoms with Crippen LogP contribution in [0.4, 0.5) is 11.4 Å². The standard InChI is InChI=1S/C18H18ClN3O3S/c1-11-6-7-12(19)8-17(11)26(24,25)21-13-9-16-18(23)20-14-4-2-3-5-15(14)22(16)10-13/h2-8,13,16,21H,9-10H2,1H3,(H,20,23). The Balaban J connectivity index is 1.60. The van der Waals surface area contributed by atoms with Crippen LogP contribution in [-0.4, -0.2) is 33.0 Å². The Bertz CT molecular complexity index is 993. The van der Waals surface area contributed by atoms with Crippen LogP contribution >= 0.6 is 11.6 Å². The van der Waals surface area contributed by atoms with Gasteiger partial charge in [0.1, 0.15) is 6.04 Å². The van der Waals surface area contributed by atoms with E-state index in [1.54, 1.807) is 19.1 Å². The molecule has 2 atom stereocenters. The predicted octanol–water partition coefficient (Wildman–Crippen LogP) is 2.53. The van der Waals surface area contributed by atoms with Crippen LogP contribution in [0.1, 0.15) is 12.0 Å². The molecule has 136 valence electrons. The van der Waals surface area contributed by atoms with Crippen molar-refractivity contribution in [3.05, 3.63) is 53.1 Å². The highest BCUT2D eigenvalue weighted by Gasteiger charge is 2.42. The van der Waals surface area contributed by atoms with Gasteiger partial charge in [-0.15, -0.1) is 0 Å². The Kier molecular flexibility index (Phi) is 4.17. The van der Waals surface area contributed by atoms with Crippen LogP contribution in [0.25, 0.3) is 0 Å². The molecule has 2 N–H and O–H groups in total. The number of nitrogens with zero attached hydrogens (tertiary/aromatic N) is 1. The second-order valence-corrected chi connectivity index (χ2v) is 8.76. The molecule has 4 rings (SSSR count). The molecule has 2 aromatic carbocycles. The summed E-state index contributed by atoms with van der Waals surface area (Å²) in [7, 11) is -3.73. The molecule has 0 radical (unpaired) electrons. The number of anilines is 2. The summed E-state index contributed by atoms with van der Waals surface area (Å²) in [5.74, 6) is -0.107. The summed E-state index contributed by atoms with van der Waals surface area (Å²) < 4.78 is 28.3. The summed E-state index contributed by atoms with van der Waals surface area (Å²) in [5.41, 5.74) is 2.29. The zero-order valence-corrected chi connectivity index (χ0v) is 15.6. The van der Waals surface area contributed by atoms with Crippen LogP contribution in [0.3, 0.4) is 0 Å². The number of sulfonamides is 1. The van der Waals surface area contributed by atoms with E-state index in [4.69, 9.17) is 11.6 Å². The Morgan fingerprint density at radius 3 is 2.81 bits per heavy atom. The molecule has 1 fully saturated rings. The van der Waals surface area contributed by atoms with E-state index < -0.39 is 10.0 Å². The molecule has 0 bridgehead atoms. The molecule has 0 aliphatic carbocycles. The van der Waals surface area contributed by atoms with Gasteiger partial charge in [0.2, 0.25) is 15.9 Å². The molecular formula is C18H18ClN3O3S. The molecule has 2 aliphatic rings. The maximum atomic E-state index is 12.8. The van der Waals surface area contributed by atoms with Crippen LogP contribution < -0.4 is 14.9 Å². The Hall–Kier alpha value is -2.09. The summed E-state index contributed by atoms with van der Waals surface area (Å²) in [6.07, 6.45) is 0.416. The lowest BCUT2D eigenvalue weighted by atomic mass is 10.1. The van der Waals surface area contributed by atoms with Crippen molar-refractivity contribution in [3.63, 3.8) is 0 Å². The number of benzene rings is 2. The lowest BCUT2D eigenvalue weighted by Crippen LogP contribution is -2.44. The zero-order chi connectivity index (χ0) is 18.5. The number of halogens is 1. The Labute approximate surface area is 157 Å². The third-order valence-corrected chi connectivity index (χ3v) is 6.73. The molecular weight excluding hydrogens is 374 g/mol. The monoisotopic (exact) mass is 391 g/mol. The predicted molar refractivity (Wildman–Crippen MR) is 101 cm³/mol. The number of para-hydroxylation sites is 2. The molecule has 8 heteroatoms. The van der Waals surface area contributed by atoms with E-state index in [2.05, 4.69) is 10.0 Å². The fraction of sp³-hybridized carbons (Fsp3) is 0.278. The van der Waals surface area contributed by atoms with Gasteiger partial charge in [-0.1, -0.05) is 29.8 Å². The highest BCUT2D eigenvalue weighted by Crippen LogP contribution is 2.36. The van der Waals surface area contributed by atoms with Gasteiger partial charge in [-0.3, -0.25) is 4.79 Å². The first-order valence-electron chi connectivity index (χ1n) is 8.30. The summed E-state index contributed by atoms with van der Waals surface area (Å²) in [5, 5.41) is 3.26. The molecule has 2 unspecified atom stereocenters. The highest BCUT2D eigenvalue weighted by atomic mass is 35.5. The largest absolute Gasteiger partial charge is 0.356 e. The average molecular weight is 392 g/mol. The molecule has 1 saturated heterocycles. The van der Waals surface area contributed by atoms with Crippen molar-refractivity contribution in [1.29, 1.82) is 0 Å². The van der Waals surface area contributed by atoms with E-state index in [-0.39, 0.29) is 22.9 Å². The van der Waals surface area contributed by atoms with Crippen molar-refractivity contribution >= 4 is 38.9 Å². The SMILES string of the molecule is Cc1ccc(Cl)cc1S(=O)(=O)NC1CC2C(=O)Nc3ccccc3N2C1. The van der Waals surface area contributed by atoms with Crippen molar-refractivity contribution in [1.82, 2.24) is 4.72 Å². The highest BCUT2D eigenvalue weighted by molar-refractivity contribution is 7.89. The quantitative estimate of drug-likeness (QED) is 0.842. The molecule has 2 heterocycles. The number of hydrogen-bond acceptors (Lipinski definition) is 4.